The lowest BCUT2D eigenvalue weighted by atomic mass is 9.49. The molecule has 0 radical (unpaired) electrons. The van der Waals surface area contributed by atoms with Crippen molar-refractivity contribution < 1.29 is 5.11 Å². The van der Waals surface area contributed by atoms with Gasteiger partial charge in [0, 0.05) is 17.8 Å². The van der Waals surface area contributed by atoms with E-state index in [0.29, 0.717) is 11.3 Å². The molecule has 0 saturated heterocycles. The van der Waals surface area contributed by atoms with Crippen molar-refractivity contribution in [3.8, 4) is 0 Å². The second-order valence-electron chi connectivity index (χ2n) is 9.31. The predicted octanol–water partition coefficient (Wildman–Crippen LogP) is 5.32. The van der Waals surface area contributed by atoms with Crippen molar-refractivity contribution in [1.82, 2.24) is 4.98 Å². The van der Waals surface area contributed by atoms with Crippen molar-refractivity contribution in [3.63, 3.8) is 0 Å². The summed E-state index contributed by atoms with van der Waals surface area (Å²) in [6.07, 6.45) is 17.7. The summed E-state index contributed by atoms with van der Waals surface area (Å²) in [5, 5.41) is 10.1. The van der Waals surface area contributed by atoms with Crippen molar-refractivity contribution in [2.75, 3.05) is 0 Å². The summed E-state index contributed by atoms with van der Waals surface area (Å²) in [6, 6.07) is 4.25. The van der Waals surface area contributed by atoms with E-state index in [0.717, 1.165) is 31.6 Å². The third kappa shape index (κ3) is 2.18. The molecule has 5 atom stereocenters. The topological polar surface area (TPSA) is 33.1 Å². The quantitative estimate of drug-likeness (QED) is 0.698. The summed E-state index contributed by atoms with van der Waals surface area (Å²) in [5.41, 5.74) is 6.38. The molecule has 136 valence electrons. The molecule has 0 unspecified atom stereocenters. The maximum Gasteiger partial charge on any atom is 0.0577 e. The van der Waals surface area contributed by atoms with Gasteiger partial charge in [0.1, 0.15) is 0 Å². The fraction of sp³-hybridized carbons (Fsp3) is 0.542. The van der Waals surface area contributed by atoms with Crippen molar-refractivity contribution in [2.24, 2.45) is 22.7 Å². The molecule has 4 aliphatic rings. The average molecular weight is 348 g/mol. The Morgan fingerprint density at radius 1 is 1.15 bits per heavy atom. The standard InChI is InChI=1S/C24H29NO/c1-23-11-9-18(26)14-17(23)5-6-19-21-8-7-20(16-4-3-13-25-15-16)24(21,2)12-10-22(19)23/h3-5,7-8,13,15,18-19,22,26H,6,9-12,14H2,1-2H3/t18-,19-,22-,23-,24+/m0/s1. The van der Waals surface area contributed by atoms with Gasteiger partial charge in [0.25, 0.3) is 0 Å². The highest BCUT2D eigenvalue weighted by molar-refractivity contribution is 5.78. The van der Waals surface area contributed by atoms with Crippen molar-refractivity contribution in [2.45, 2.75) is 58.5 Å². The van der Waals surface area contributed by atoms with E-state index in [9.17, 15) is 5.11 Å². The fourth-order valence-electron chi connectivity index (χ4n) is 6.59. The Morgan fingerprint density at radius 2 is 2.04 bits per heavy atom. The van der Waals surface area contributed by atoms with Crippen LogP contribution in [0.25, 0.3) is 5.57 Å². The lowest BCUT2D eigenvalue weighted by Gasteiger charge is -2.56. The highest BCUT2D eigenvalue weighted by Gasteiger charge is 2.54. The zero-order valence-electron chi connectivity index (χ0n) is 15.9. The molecule has 0 aromatic carbocycles. The minimum Gasteiger partial charge on any atom is -0.393 e. The smallest absolute Gasteiger partial charge is 0.0577 e. The molecular weight excluding hydrogens is 318 g/mol. The summed E-state index contributed by atoms with van der Waals surface area (Å²) in [7, 11) is 0. The summed E-state index contributed by atoms with van der Waals surface area (Å²) in [5.74, 6) is 1.39. The first kappa shape index (κ1) is 16.5. The summed E-state index contributed by atoms with van der Waals surface area (Å²) in [4.78, 5) is 4.35. The summed E-state index contributed by atoms with van der Waals surface area (Å²) in [6.45, 7) is 4.93. The Labute approximate surface area is 156 Å². The van der Waals surface area contributed by atoms with Crippen LogP contribution in [0.2, 0.25) is 0 Å². The van der Waals surface area contributed by atoms with Crippen LogP contribution in [-0.4, -0.2) is 16.2 Å². The van der Waals surface area contributed by atoms with Crippen LogP contribution in [0.5, 0.6) is 0 Å². The van der Waals surface area contributed by atoms with Crippen molar-refractivity contribution in [1.29, 1.82) is 0 Å². The van der Waals surface area contributed by atoms with E-state index < -0.39 is 0 Å². The van der Waals surface area contributed by atoms with E-state index in [4.69, 9.17) is 0 Å². The van der Waals surface area contributed by atoms with Gasteiger partial charge in [0.2, 0.25) is 0 Å². The van der Waals surface area contributed by atoms with Gasteiger partial charge >= 0.3 is 0 Å². The normalized spacial score (nSPS) is 41.3. The molecule has 2 nitrogen and oxygen atoms in total. The molecule has 2 heteroatoms. The first-order valence-electron chi connectivity index (χ1n) is 10.2. The molecule has 4 aliphatic carbocycles. The van der Waals surface area contributed by atoms with Crippen molar-refractivity contribution in [3.05, 3.63) is 59.5 Å². The second kappa shape index (κ2) is 5.66. The Bertz CT molecular complexity index is 820. The third-order valence-electron chi connectivity index (χ3n) is 8.10. The minimum absolute atomic E-state index is 0.121. The van der Waals surface area contributed by atoms with E-state index in [1.807, 2.05) is 18.5 Å². The molecule has 1 aromatic rings. The Hall–Kier alpha value is -1.67. The second-order valence-corrected chi connectivity index (χ2v) is 9.31. The molecular formula is C24H29NO. The molecule has 2 fully saturated rings. The van der Waals surface area contributed by atoms with Gasteiger partial charge in [-0.1, -0.05) is 49.3 Å². The number of pyridine rings is 1. The van der Waals surface area contributed by atoms with Gasteiger partial charge < -0.3 is 5.11 Å². The van der Waals surface area contributed by atoms with Crippen LogP contribution >= 0.6 is 0 Å². The number of rotatable bonds is 1. The molecule has 1 heterocycles. The number of hydrogen-bond acceptors (Lipinski definition) is 2. The molecule has 0 amide bonds. The SMILES string of the molecule is C[C@]12CC[C@H]3[C@@H](CC=C4C[C@@H](O)CC[C@@]43C)C1=CC=C2c1cccnc1. The summed E-state index contributed by atoms with van der Waals surface area (Å²) < 4.78 is 0. The van der Waals surface area contributed by atoms with E-state index in [1.54, 1.807) is 11.1 Å². The highest BCUT2D eigenvalue weighted by Crippen LogP contribution is 2.64. The maximum absolute atomic E-state index is 10.1. The first-order chi connectivity index (χ1) is 12.5. The van der Waals surface area contributed by atoms with Crippen LogP contribution in [-0.2, 0) is 0 Å². The van der Waals surface area contributed by atoms with E-state index >= 15 is 0 Å². The monoisotopic (exact) mass is 347 g/mol. The van der Waals surface area contributed by atoms with Crippen LogP contribution in [0.15, 0.2) is 53.9 Å². The number of aromatic nitrogens is 1. The number of hydrogen-bond donors (Lipinski definition) is 1. The average Bonchev–Trinajstić information content (AvgIpc) is 3.00. The first-order valence-corrected chi connectivity index (χ1v) is 10.2. The highest BCUT2D eigenvalue weighted by atomic mass is 16.3. The molecule has 0 spiro atoms. The van der Waals surface area contributed by atoms with Crippen LogP contribution in [0, 0.1) is 22.7 Å². The zero-order valence-corrected chi connectivity index (χ0v) is 15.9. The molecule has 26 heavy (non-hydrogen) atoms. The molecule has 2 saturated carbocycles. The molecule has 0 aliphatic heterocycles. The molecule has 0 bridgehead atoms. The third-order valence-corrected chi connectivity index (χ3v) is 8.10. The lowest BCUT2D eigenvalue weighted by molar-refractivity contribution is 0.0369. The number of aliphatic hydroxyl groups excluding tert-OH is 1. The number of aliphatic hydroxyl groups is 1. The van der Waals surface area contributed by atoms with Gasteiger partial charge in [0.05, 0.1) is 6.10 Å². The van der Waals surface area contributed by atoms with Gasteiger partial charge in [-0.25, -0.2) is 0 Å². The van der Waals surface area contributed by atoms with E-state index in [1.165, 1.54) is 24.0 Å². The minimum atomic E-state index is -0.121. The molecule has 5 rings (SSSR count). The molecule has 1 N–H and O–H groups in total. The lowest BCUT2D eigenvalue weighted by Crippen LogP contribution is -2.47. The fourth-order valence-corrected chi connectivity index (χ4v) is 6.59. The van der Waals surface area contributed by atoms with Crippen LogP contribution in [0.4, 0.5) is 0 Å². The van der Waals surface area contributed by atoms with E-state index in [-0.39, 0.29) is 11.5 Å². The van der Waals surface area contributed by atoms with Crippen LogP contribution < -0.4 is 0 Å². The van der Waals surface area contributed by atoms with Gasteiger partial charge in [0.15, 0.2) is 0 Å². The number of nitrogens with zero attached hydrogens (tertiary/aromatic N) is 1. The maximum atomic E-state index is 10.1. The number of allylic oxidation sites excluding steroid dienone is 5. The van der Waals surface area contributed by atoms with Gasteiger partial charge in [-0.05, 0) is 73.0 Å². The Morgan fingerprint density at radius 3 is 2.85 bits per heavy atom. The van der Waals surface area contributed by atoms with Crippen LogP contribution in [0.3, 0.4) is 0 Å². The molecule has 1 aromatic heterocycles. The van der Waals surface area contributed by atoms with Crippen molar-refractivity contribution >= 4 is 5.57 Å². The van der Waals surface area contributed by atoms with Gasteiger partial charge in [-0.3, -0.25) is 4.98 Å². The summed E-state index contributed by atoms with van der Waals surface area (Å²) >= 11 is 0. The zero-order chi connectivity index (χ0) is 17.9. The Balaban J connectivity index is 1.50. The van der Waals surface area contributed by atoms with E-state index in [2.05, 4.69) is 43.1 Å². The van der Waals surface area contributed by atoms with Gasteiger partial charge in [-0.2, -0.15) is 0 Å². The van der Waals surface area contributed by atoms with Crippen LogP contribution in [0.1, 0.15) is 57.9 Å². The number of fused-ring (bicyclic) bond motifs is 5. The largest absolute Gasteiger partial charge is 0.393 e. The van der Waals surface area contributed by atoms with Gasteiger partial charge in [-0.15, -0.1) is 0 Å². The predicted molar refractivity (Wildman–Crippen MR) is 105 cm³/mol. The Kier molecular flexibility index (Phi) is 3.59.